The Morgan fingerprint density at radius 1 is 1.35 bits per heavy atom. The topological polar surface area (TPSA) is 81.4 Å². The van der Waals surface area contributed by atoms with E-state index >= 15 is 0 Å². The summed E-state index contributed by atoms with van der Waals surface area (Å²) in [4.78, 5) is 24.0. The van der Waals surface area contributed by atoms with Crippen LogP contribution in [0.15, 0.2) is 30.3 Å². The Labute approximate surface area is 156 Å². The summed E-state index contributed by atoms with van der Waals surface area (Å²) in [6.45, 7) is 5.63. The number of carbonyl (C=O) groups excluding carboxylic acids is 2. The molecule has 26 heavy (non-hydrogen) atoms. The molecule has 142 valence electrons. The Hall–Kier alpha value is -2.30. The number of hydrogen-bond donors (Lipinski definition) is 2. The van der Waals surface area contributed by atoms with Crippen LogP contribution in [0.2, 0.25) is 0 Å². The molecule has 1 aromatic carbocycles. The minimum Gasteiger partial charge on any atom is -0.490 e. The standard InChI is InChI=1S/C21H30N2O3/c1-15(2)14-21(3,20(22)25)23-19(24)12-11-16-7-6-10-18(13-16)26-17-8-4-5-9-17/h6-7,10-13,15,17H,4-5,8-9,14H2,1-3H3,(H2,22,25)(H,23,24)/b12-11+. The maximum Gasteiger partial charge on any atom is 0.244 e. The summed E-state index contributed by atoms with van der Waals surface area (Å²) in [5, 5.41) is 2.74. The highest BCUT2D eigenvalue weighted by Crippen LogP contribution is 2.25. The van der Waals surface area contributed by atoms with Gasteiger partial charge in [0.05, 0.1) is 6.10 Å². The van der Waals surface area contributed by atoms with E-state index in [4.69, 9.17) is 10.5 Å². The highest BCUT2D eigenvalue weighted by atomic mass is 16.5. The van der Waals surface area contributed by atoms with Gasteiger partial charge in [0.25, 0.3) is 0 Å². The van der Waals surface area contributed by atoms with Crippen LogP contribution in [0.5, 0.6) is 5.75 Å². The van der Waals surface area contributed by atoms with E-state index < -0.39 is 11.4 Å². The fourth-order valence-electron chi connectivity index (χ4n) is 3.41. The number of hydrogen-bond acceptors (Lipinski definition) is 3. The molecule has 2 amide bonds. The van der Waals surface area contributed by atoms with Crippen LogP contribution < -0.4 is 15.8 Å². The molecular formula is C21H30N2O3. The molecule has 1 aliphatic rings. The minimum absolute atomic E-state index is 0.237. The predicted octanol–water partition coefficient (Wildman–Crippen LogP) is 3.43. The fourth-order valence-corrected chi connectivity index (χ4v) is 3.41. The zero-order chi connectivity index (χ0) is 19.2. The van der Waals surface area contributed by atoms with Crippen LogP contribution in [0.1, 0.15) is 58.4 Å². The second kappa shape index (κ2) is 8.88. The molecule has 1 aliphatic carbocycles. The van der Waals surface area contributed by atoms with Crippen LogP contribution in [0, 0.1) is 5.92 Å². The van der Waals surface area contributed by atoms with Crippen molar-refractivity contribution in [1.29, 1.82) is 0 Å². The molecule has 5 heteroatoms. The van der Waals surface area contributed by atoms with Crippen LogP contribution in [-0.2, 0) is 9.59 Å². The van der Waals surface area contributed by atoms with Gasteiger partial charge in [-0.3, -0.25) is 9.59 Å². The largest absolute Gasteiger partial charge is 0.490 e. The summed E-state index contributed by atoms with van der Waals surface area (Å²) >= 11 is 0. The van der Waals surface area contributed by atoms with Crippen LogP contribution in [0.25, 0.3) is 6.08 Å². The summed E-state index contributed by atoms with van der Waals surface area (Å²) in [7, 11) is 0. The number of benzene rings is 1. The first-order chi connectivity index (χ1) is 12.3. The molecule has 5 nitrogen and oxygen atoms in total. The number of nitrogens with two attached hydrogens (primary N) is 1. The van der Waals surface area contributed by atoms with Gasteiger partial charge < -0.3 is 15.8 Å². The van der Waals surface area contributed by atoms with Gasteiger partial charge in [0, 0.05) is 6.08 Å². The van der Waals surface area contributed by atoms with E-state index in [0.29, 0.717) is 12.5 Å². The average Bonchev–Trinajstić information content (AvgIpc) is 3.05. The second-order valence-corrected chi connectivity index (χ2v) is 7.71. The van der Waals surface area contributed by atoms with Crippen LogP contribution in [0.3, 0.4) is 0 Å². The third-order valence-corrected chi connectivity index (χ3v) is 4.65. The van der Waals surface area contributed by atoms with Crippen molar-refractivity contribution in [3.8, 4) is 5.75 Å². The smallest absolute Gasteiger partial charge is 0.244 e. The number of nitrogens with one attached hydrogen (secondary N) is 1. The highest BCUT2D eigenvalue weighted by molar-refractivity contribution is 5.96. The Morgan fingerprint density at radius 2 is 2.04 bits per heavy atom. The second-order valence-electron chi connectivity index (χ2n) is 7.71. The van der Waals surface area contributed by atoms with Crippen LogP contribution in [-0.4, -0.2) is 23.5 Å². The first-order valence-electron chi connectivity index (χ1n) is 9.35. The molecule has 0 aliphatic heterocycles. The lowest BCUT2D eigenvalue weighted by molar-refractivity contribution is -0.129. The van der Waals surface area contributed by atoms with Gasteiger partial charge in [0.1, 0.15) is 11.3 Å². The Morgan fingerprint density at radius 3 is 2.65 bits per heavy atom. The fraction of sp³-hybridized carbons (Fsp3) is 0.524. The van der Waals surface area contributed by atoms with Crippen LogP contribution in [0.4, 0.5) is 0 Å². The summed E-state index contributed by atoms with van der Waals surface area (Å²) in [5.41, 5.74) is 5.30. The normalized spacial score (nSPS) is 17.4. The molecule has 1 saturated carbocycles. The lowest BCUT2D eigenvalue weighted by atomic mass is 9.90. The Balaban J connectivity index is 1.99. The molecule has 0 heterocycles. The number of rotatable bonds is 8. The molecule has 0 radical (unpaired) electrons. The van der Waals surface area contributed by atoms with E-state index in [1.165, 1.54) is 18.9 Å². The predicted molar refractivity (Wildman–Crippen MR) is 104 cm³/mol. The van der Waals surface area contributed by atoms with Gasteiger partial charge in [0.2, 0.25) is 11.8 Å². The van der Waals surface area contributed by atoms with E-state index in [-0.39, 0.29) is 11.8 Å². The molecule has 1 fully saturated rings. The summed E-state index contributed by atoms with van der Waals surface area (Å²) in [6.07, 6.45) is 8.58. The number of ether oxygens (including phenoxy) is 1. The van der Waals surface area contributed by atoms with Gasteiger partial charge in [-0.15, -0.1) is 0 Å². The average molecular weight is 358 g/mol. The molecule has 1 aromatic rings. The molecule has 1 atom stereocenters. The van der Waals surface area contributed by atoms with Gasteiger partial charge in [-0.1, -0.05) is 26.0 Å². The van der Waals surface area contributed by atoms with E-state index in [9.17, 15) is 9.59 Å². The molecule has 0 saturated heterocycles. The van der Waals surface area contributed by atoms with Crippen molar-refractivity contribution < 1.29 is 14.3 Å². The molecule has 0 bridgehead atoms. The summed E-state index contributed by atoms with van der Waals surface area (Å²) < 4.78 is 5.98. The first kappa shape index (κ1) is 20.0. The van der Waals surface area contributed by atoms with Crippen molar-refractivity contribution in [3.63, 3.8) is 0 Å². The van der Waals surface area contributed by atoms with E-state index in [1.54, 1.807) is 13.0 Å². The van der Waals surface area contributed by atoms with Crippen molar-refractivity contribution >= 4 is 17.9 Å². The monoisotopic (exact) mass is 358 g/mol. The van der Waals surface area contributed by atoms with Crippen LogP contribution >= 0.6 is 0 Å². The van der Waals surface area contributed by atoms with E-state index in [1.807, 2.05) is 38.1 Å². The molecule has 0 spiro atoms. The number of carbonyl (C=O) groups is 2. The first-order valence-corrected chi connectivity index (χ1v) is 9.35. The highest BCUT2D eigenvalue weighted by Gasteiger charge is 2.32. The Bertz CT molecular complexity index is 663. The molecular weight excluding hydrogens is 328 g/mol. The lowest BCUT2D eigenvalue weighted by Gasteiger charge is -2.28. The quantitative estimate of drug-likeness (QED) is 0.699. The maximum atomic E-state index is 12.2. The van der Waals surface area contributed by atoms with Crippen molar-refractivity contribution in [2.75, 3.05) is 0 Å². The third kappa shape index (κ3) is 5.90. The van der Waals surface area contributed by atoms with Crippen molar-refractivity contribution in [2.45, 2.75) is 64.5 Å². The summed E-state index contributed by atoms with van der Waals surface area (Å²) in [6, 6.07) is 7.67. The molecule has 0 aromatic heterocycles. The SMILES string of the molecule is CC(C)CC(C)(NC(=O)/C=C/c1cccc(OC2CCCC2)c1)C(N)=O. The molecule has 1 unspecified atom stereocenters. The van der Waals surface area contributed by atoms with Gasteiger partial charge in [0.15, 0.2) is 0 Å². The zero-order valence-electron chi connectivity index (χ0n) is 16.0. The number of amides is 2. The number of primary amides is 1. The Kier molecular flexibility index (Phi) is 6.83. The van der Waals surface area contributed by atoms with E-state index in [2.05, 4.69) is 5.32 Å². The van der Waals surface area contributed by atoms with Gasteiger partial charge in [-0.25, -0.2) is 0 Å². The van der Waals surface area contributed by atoms with Crippen molar-refractivity contribution in [1.82, 2.24) is 5.32 Å². The van der Waals surface area contributed by atoms with Crippen molar-refractivity contribution in [2.24, 2.45) is 11.7 Å². The maximum absolute atomic E-state index is 12.2. The lowest BCUT2D eigenvalue weighted by Crippen LogP contribution is -2.55. The van der Waals surface area contributed by atoms with Gasteiger partial charge >= 0.3 is 0 Å². The summed E-state index contributed by atoms with van der Waals surface area (Å²) in [5.74, 6) is 0.191. The van der Waals surface area contributed by atoms with Crippen molar-refractivity contribution in [3.05, 3.63) is 35.9 Å². The molecule has 3 N–H and O–H groups in total. The molecule has 2 rings (SSSR count). The van der Waals surface area contributed by atoms with E-state index in [0.717, 1.165) is 24.2 Å². The third-order valence-electron chi connectivity index (χ3n) is 4.65. The van der Waals surface area contributed by atoms with Gasteiger partial charge in [-0.2, -0.15) is 0 Å². The minimum atomic E-state index is -1.05. The zero-order valence-corrected chi connectivity index (χ0v) is 16.0. The van der Waals surface area contributed by atoms with Gasteiger partial charge in [-0.05, 0) is 68.7 Å².